The van der Waals surface area contributed by atoms with E-state index in [-0.39, 0.29) is 27.5 Å². The number of carbonyl (C=O) groups excluding carboxylic acids is 2. The summed E-state index contributed by atoms with van der Waals surface area (Å²) in [5.41, 5.74) is -0.780. The Kier molecular flexibility index (Phi) is 5.65. The predicted octanol–water partition coefficient (Wildman–Crippen LogP) is 5.61. The highest BCUT2D eigenvalue weighted by atomic mass is 35.5. The summed E-state index contributed by atoms with van der Waals surface area (Å²) < 4.78 is 39.1. The Labute approximate surface area is 174 Å². The van der Waals surface area contributed by atoms with E-state index in [2.05, 4.69) is 5.32 Å². The number of halogens is 5. The lowest BCUT2D eigenvalue weighted by Crippen LogP contribution is -2.38. The largest absolute Gasteiger partial charge is 0.416 e. The highest BCUT2D eigenvalue weighted by molar-refractivity contribution is 6.41. The van der Waals surface area contributed by atoms with E-state index in [4.69, 9.17) is 23.2 Å². The van der Waals surface area contributed by atoms with Gasteiger partial charge in [-0.05, 0) is 44.2 Å². The Balaban J connectivity index is 2.14. The maximum absolute atomic E-state index is 13.0. The molecule has 2 amide bonds. The first-order valence-electron chi connectivity index (χ1n) is 8.52. The maximum Gasteiger partial charge on any atom is 0.416 e. The van der Waals surface area contributed by atoms with Crippen molar-refractivity contribution in [2.45, 2.75) is 26.1 Å². The lowest BCUT2D eigenvalue weighted by molar-refractivity contribution is -0.139. The molecule has 3 rings (SSSR count). The van der Waals surface area contributed by atoms with Gasteiger partial charge in [0.15, 0.2) is 0 Å². The SMILES string of the molecule is CC(C)N1C(=O)C(Nc2cccc(C(F)(F)F)c2)=C(c2ccc(Cl)cc2Cl)C1=O. The van der Waals surface area contributed by atoms with Crippen LogP contribution in [0.15, 0.2) is 48.2 Å². The standard InChI is InChI=1S/C20H15Cl2F3N2O2/c1-10(2)27-18(28)16(14-7-6-12(21)9-15(14)22)17(19(27)29)26-13-5-3-4-11(8-13)20(23,24)25/h3-10,26H,1-2H3. The molecule has 9 heteroatoms. The molecular formula is C20H15Cl2F3N2O2. The molecule has 0 fully saturated rings. The summed E-state index contributed by atoms with van der Waals surface area (Å²) in [7, 11) is 0. The van der Waals surface area contributed by atoms with Crippen molar-refractivity contribution in [2.24, 2.45) is 0 Å². The van der Waals surface area contributed by atoms with E-state index in [1.54, 1.807) is 13.8 Å². The Morgan fingerprint density at radius 3 is 2.28 bits per heavy atom. The zero-order valence-electron chi connectivity index (χ0n) is 15.3. The summed E-state index contributed by atoms with van der Waals surface area (Å²) in [6.07, 6.45) is -4.55. The van der Waals surface area contributed by atoms with E-state index in [9.17, 15) is 22.8 Å². The van der Waals surface area contributed by atoms with E-state index in [0.717, 1.165) is 17.0 Å². The first kappa shape index (κ1) is 21.2. The van der Waals surface area contributed by atoms with E-state index in [1.165, 1.54) is 30.3 Å². The molecule has 2 aromatic carbocycles. The number of carbonyl (C=O) groups is 2. The summed E-state index contributed by atoms with van der Waals surface area (Å²) in [6, 6.07) is 8.32. The van der Waals surface area contributed by atoms with Crippen molar-refractivity contribution in [3.63, 3.8) is 0 Å². The van der Waals surface area contributed by atoms with Gasteiger partial charge in [0.1, 0.15) is 5.70 Å². The molecule has 1 aliphatic rings. The van der Waals surface area contributed by atoms with E-state index < -0.39 is 29.6 Å². The third-order valence-electron chi connectivity index (χ3n) is 4.29. The number of benzene rings is 2. The molecular weight excluding hydrogens is 428 g/mol. The van der Waals surface area contributed by atoms with Gasteiger partial charge in [0.2, 0.25) is 0 Å². The first-order valence-corrected chi connectivity index (χ1v) is 9.28. The van der Waals surface area contributed by atoms with Crippen LogP contribution in [0, 0.1) is 0 Å². The smallest absolute Gasteiger partial charge is 0.350 e. The van der Waals surface area contributed by atoms with Gasteiger partial charge in [0.25, 0.3) is 11.8 Å². The normalized spacial score (nSPS) is 15.0. The molecule has 0 saturated carbocycles. The third kappa shape index (κ3) is 4.11. The zero-order valence-corrected chi connectivity index (χ0v) is 16.8. The van der Waals surface area contributed by atoms with Gasteiger partial charge in [0, 0.05) is 22.3 Å². The van der Waals surface area contributed by atoms with Gasteiger partial charge in [0.05, 0.1) is 16.2 Å². The summed E-state index contributed by atoms with van der Waals surface area (Å²) in [4.78, 5) is 26.9. The van der Waals surface area contributed by atoms with Crippen molar-refractivity contribution in [1.29, 1.82) is 0 Å². The molecule has 0 spiro atoms. The van der Waals surface area contributed by atoms with Gasteiger partial charge in [-0.1, -0.05) is 35.3 Å². The van der Waals surface area contributed by atoms with Crippen LogP contribution in [0.5, 0.6) is 0 Å². The first-order chi connectivity index (χ1) is 13.5. The average Bonchev–Trinajstić information content (AvgIpc) is 2.85. The quantitative estimate of drug-likeness (QED) is 0.625. The van der Waals surface area contributed by atoms with Crippen LogP contribution in [0.3, 0.4) is 0 Å². The summed E-state index contributed by atoms with van der Waals surface area (Å²) in [6.45, 7) is 3.31. The Morgan fingerprint density at radius 1 is 1.00 bits per heavy atom. The number of nitrogens with one attached hydrogen (secondary N) is 1. The number of hydrogen-bond donors (Lipinski definition) is 1. The monoisotopic (exact) mass is 442 g/mol. The highest BCUT2D eigenvalue weighted by Crippen LogP contribution is 2.37. The zero-order chi connectivity index (χ0) is 21.5. The molecule has 0 bridgehead atoms. The second-order valence-electron chi connectivity index (χ2n) is 6.65. The van der Waals surface area contributed by atoms with Crippen LogP contribution in [-0.4, -0.2) is 22.8 Å². The molecule has 2 aromatic rings. The molecule has 0 atom stereocenters. The number of hydrogen-bond acceptors (Lipinski definition) is 3. The maximum atomic E-state index is 13.0. The summed E-state index contributed by atoms with van der Waals surface area (Å²) in [5.74, 6) is -1.24. The number of nitrogens with zero attached hydrogens (tertiary/aromatic N) is 1. The van der Waals surface area contributed by atoms with Crippen LogP contribution in [-0.2, 0) is 15.8 Å². The molecule has 4 nitrogen and oxygen atoms in total. The molecule has 1 heterocycles. The lowest BCUT2D eigenvalue weighted by atomic mass is 10.0. The second kappa shape index (κ2) is 7.72. The average molecular weight is 443 g/mol. The fourth-order valence-electron chi connectivity index (χ4n) is 2.99. The third-order valence-corrected chi connectivity index (χ3v) is 4.84. The van der Waals surface area contributed by atoms with E-state index in [1.807, 2.05) is 0 Å². The Morgan fingerprint density at radius 2 is 1.69 bits per heavy atom. The lowest BCUT2D eigenvalue weighted by Gasteiger charge is -2.19. The van der Waals surface area contributed by atoms with Crippen molar-refractivity contribution in [1.82, 2.24) is 4.90 Å². The topological polar surface area (TPSA) is 49.4 Å². The van der Waals surface area contributed by atoms with Crippen LogP contribution < -0.4 is 5.32 Å². The molecule has 0 aromatic heterocycles. The molecule has 1 N–H and O–H groups in total. The van der Waals surface area contributed by atoms with E-state index in [0.29, 0.717) is 5.02 Å². The fraction of sp³-hybridized carbons (Fsp3) is 0.200. The Bertz CT molecular complexity index is 1030. The predicted molar refractivity (Wildman–Crippen MR) is 105 cm³/mol. The van der Waals surface area contributed by atoms with Crippen molar-refractivity contribution >= 4 is 46.3 Å². The minimum Gasteiger partial charge on any atom is -0.350 e. The Hall–Kier alpha value is -2.51. The van der Waals surface area contributed by atoms with Crippen molar-refractivity contribution in [3.8, 4) is 0 Å². The number of amides is 2. The van der Waals surface area contributed by atoms with Crippen LogP contribution in [0.1, 0.15) is 25.0 Å². The van der Waals surface area contributed by atoms with Gasteiger partial charge >= 0.3 is 6.18 Å². The molecule has 0 saturated heterocycles. The van der Waals surface area contributed by atoms with Crippen LogP contribution in [0.2, 0.25) is 10.0 Å². The van der Waals surface area contributed by atoms with Crippen LogP contribution >= 0.6 is 23.2 Å². The molecule has 0 aliphatic carbocycles. The number of rotatable bonds is 4. The van der Waals surface area contributed by atoms with Gasteiger partial charge in [-0.15, -0.1) is 0 Å². The van der Waals surface area contributed by atoms with Gasteiger partial charge < -0.3 is 5.32 Å². The number of alkyl halides is 3. The summed E-state index contributed by atoms with van der Waals surface area (Å²) >= 11 is 12.1. The summed E-state index contributed by atoms with van der Waals surface area (Å²) in [5, 5.41) is 3.16. The second-order valence-corrected chi connectivity index (χ2v) is 7.50. The minimum absolute atomic E-state index is 0.0177. The van der Waals surface area contributed by atoms with Gasteiger partial charge in [-0.2, -0.15) is 13.2 Å². The van der Waals surface area contributed by atoms with Crippen LogP contribution in [0.25, 0.3) is 5.57 Å². The molecule has 1 aliphatic heterocycles. The van der Waals surface area contributed by atoms with E-state index >= 15 is 0 Å². The molecule has 0 radical (unpaired) electrons. The molecule has 152 valence electrons. The van der Waals surface area contributed by atoms with Crippen molar-refractivity contribution in [2.75, 3.05) is 5.32 Å². The van der Waals surface area contributed by atoms with Crippen LogP contribution in [0.4, 0.5) is 18.9 Å². The van der Waals surface area contributed by atoms with Crippen molar-refractivity contribution in [3.05, 3.63) is 69.3 Å². The molecule has 0 unspecified atom stereocenters. The number of imide groups is 1. The molecule has 29 heavy (non-hydrogen) atoms. The number of anilines is 1. The van der Waals surface area contributed by atoms with Gasteiger partial charge in [-0.3, -0.25) is 14.5 Å². The minimum atomic E-state index is -4.55. The fourth-order valence-corrected chi connectivity index (χ4v) is 3.49. The highest BCUT2D eigenvalue weighted by Gasteiger charge is 2.41. The van der Waals surface area contributed by atoms with Crippen molar-refractivity contribution < 1.29 is 22.8 Å². The van der Waals surface area contributed by atoms with Gasteiger partial charge in [-0.25, -0.2) is 0 Å².